The standard InChI is InChI=1S/C6H6ClN3O2/c1-5(7)4-9-3-2-8-6(9)10(11)12/h2-3H,1,4H2. The van der Waals surface area contributed by atoms with Gasteiger partial charge in [-0.2, -0.15) is 0 Å². The van der Waals surface area contributed by atoms with Crippen molar-refractivity contribution in [2.24, 2.45) is 0 Å². The molecule has 0 aliphatic rings. The maximum Gasteiger partial charge on any atom is 0.434 e. The average molecular weight is 188 g/mol. The van der Waals surface area contributed by atoms with Gasteiger partial charge in [-0.3, -0.25) is 0 Å². The van der Waals surface area contributed by atoms with Crippen molar-refractivity contribution >= 4 is 17.5 Å². The molecule has 0 N–H and O–H groups in total. The molecule has 64 valence electrons. The summed E-state index contributed by atoms with van der Waals surface area (Å²) in [4.78, 5) is 13.3. The molecule has 0 saturated carbocycles. The highest BCUT2D eigenvalue weighted by atomic mass is 35.5. The van der Waals surface area contributed by atoms with Crippen LogP contribution in [0.5, 0.6) is 0 Å². The molecule has 0 unspecified atom stereocenters. The zero-order valence-electron chi connectivity index (χ0n) is 6.11. The fourth-order valence-corrected chi connectivity index (χ4v) is 0.910. The number of nitrogens with zero attached hydrogens (tertiary/aromatic N) is 3. The highest BCUT2D eigenvalue weighted by molar-refractivity contribution is 6.29. The van der Waals surface area contributed by atoms with E-state index < -0.39 is 4.92 Å². The van der Waals surface area contributed by atoms with Gasteiger partial charge in [0.15, 0.2) is 0 Å². The molecule has 0 fully saturated rings. The van der Waals surface area contributed by atoms with Gasteiger partial charge in [-0.1, -0.05) is 23.2 Å². The zero-order chi connectivity index (χ0) is 9.14. The fourth-order valence-electron chi connectivity index (χ4n) is 0.782. The van der Waals surface area contributed by atoms with Gasteiger partial charge in [-0.25, -0.2) is 4.57 Å². The summed E-state index contributed by atoms with van der Waals surface area (Å²) >= 11 is 5.48. The van der Waals surface area contributed by atoms with Crippen molar-refractivity contribution in [3.8, 4) is 0 Å². The molecule has 0 bridgehead atoms. The van der Waals surface area contributed by atoms with Gasteiger partial charge in [0, 0.05) is 5.03 Å². The molecular formula is C6H6ClN3O2. The smallest absolute Gasteiger partial charge is 0.390 e. The van der Waals surface area contributed by atoms with Crippen LogP contribution in [0.25, 0.3) is 0 Å². The van der Waals surface area contributed by atoms with E-state index in [4.69, 9.17) is 11.6 Å². The lowest BCUT2D eigenvalue weighted by molar-refractivity contribution is -0.396. The zero-order valence-corrected chi connectivity index (χ0v) is 6.86. The fraction of sp³-hybridized carbons (Fsp3) is 0.167. The Kier molecular flexibility index (Phi) is 2.44. The molecule has 0 atom stereocenters. The lowest BCUT2D eigenvalue weighted by Gasteiger charge is -1.97. The van der Waals surface area contributed by atoms with Crippen LogP contribution >= 0.6 is 11.6 Å². The van der Waals surface area contributed by atoms with Crippen molar-refractivity contribution in [1.82, 2.24) is 9.55 Å². The van der Waals surface area contributed by atoms with Gasteiger partial charge in [-0.15, -0.1) is 0 Å². The second-order valence-corrected chi connectivity index (χ2v) is 2.66. The SMILES string of the molecule is C=C(Cl)Cn1ccnc1[N+](=O)[O-]. The molecule has 0 aliphatic carbocycles. The number of allylic oxidation sites excluding steroid dienone is 1. The number of rotatable bonds is 3. The first-order valence-corrected chi connectivity index (χ1v) is 3.48. The van der Waals surface area contributed by atoms with Gasteiger partial charge in [-0.05, 0) is 4.92 Å². The number of hydrogen-bond donors (Lipinski definition) is 0. The summed E-state index contributed by atoms with van der Waals surface area (Å²) in [7, 11) is 0. The number of nitro groups is 1. The quantitative estimate of drug-likeness (QED) is 0.533. The normalized spacial score (nSPS) is 9.75. The highest BCUT2D eigenvalue weighted by Crippen LogP contribution is 2.10. The van der Waals surface area contributed by atoms with E-state index in [-0.39, 0.29) is 12.5 Å². The van der Waals surface area contributed by atoms with Crippen LogP contribution in [0.15, 0.2) is 24.0 Å². The minimum atomic E-state index is -0.570. The Morgan fingerprint density at radius 1 is 1.92 bits per heavy atom. The predicted octanol–water partition coefficient (Wildman–Crippen LogP) is 1.54. The van der Waals surface area contributed by atoms with Crippen LogP contribution < -0.4 is 0 Å². The topological polar surface area (TPSA) is 61.0 Å². The average Bonchev–Trinajstić information content (AvgIpc) is 2.33. The van der Waals surface area contributed by atoms with Crippen LogP contribution in [0.1, 0.15) is 0 Å². The van der Waals surface area contributed by atoms with E-state index in [9.17, 15) is 10.1 Å². The largest absolute Gasteiger partial charge is 0.434 e. The van der Waals surface area contributed by atoms with E-state index in [1.54, 1.807) is 0 Å². The predicted molar refractivity (Wildman–Crippen MR) is 43.9 cm³/mol. The summed E-state index contributed by atoms with van der Waals surface area (Å²) in [5.74, 6) is -0.225. The van der Waals surface area contributed by atoms with Crippen LogP contribution in [0.4, 0.5) is 5.95 Å². The molecule has 0 aliphatic heterocycles. The number of imidazole rings is 1. The molecule has 0 amide bonds. The molecule has 0 spiro atoms. The van der Waals surface area contributed by atoms with Crippen molar-refractivity contribution in [2.75, 3.05) is 0 Å². The van der Waals surface area contributed by atoms with Gasteiger partial charge in [0.2, 0.25) is 0 Å². The Morgan fingerprint density at radius 3 is 3.08 bits per heavy atom. The second-order valence-electron chi connectivity index (χ2n) is 2.13. The summed E-state index contributed by atoms with van der Waals surface area (Å²) in [6, 6.07) is 0. The summed E-state index contributed by atoms with van der Waals surface area (Å²) in [5, 5.41) is 10.6. The van der Waals surface area contributed by atoms with Crippen LogP contribution in [-0.4, -0.2) is 14.5 Å². The molecule has 0 radical (unpaired) electrons. The van der Waals surface area contributed by atoms with Gasteiger partial charge in [0.25, 0.3) is 0 Å². The first-order chi connectivity index (χ1) is 5.61. The molecule has 12 heavy (non-hydrogen) atoms. The first kappa shape index (κ1) is 8.73. The Bertz CT molecular complexity index is 320. The Balaban J connectivity index is 2.91. The van der Waals surface area contributed by atoms with Crippen molar-refractivity contribution in [3.05, 3.63) is 34.1 Å². The minimum Gasteiger partial charge on any atom is -0.390 e. The van der Waals surface area contributed by atoms with E-state index in [2.05, 4.69) is 11.6 Å². The molecule has 6 heteroatoms. The van der Waals surface area contributed by atoms with Gasteiger partial charge in [0.05, 0.1) is 0 Å². The number of halogens is 1. The van der Waals surface area contributed by atoms with Crippen molar-refractivity contribution < 1.29 is 4.92 Å². The highest BCUT2D eigenvalue weighted by Gasteiger charge is 2.13. The minimum absolute atomic E-state index is 0.206. The van der Waals surface area contributed by atoms with E-state index in [1.165, 1.54) is 17.0 Å². The molecular weight excluding hydrogens is 182 g/mol. The third-order valence-electron chi connectivity index (χ3n) is 1.20. The molecule has 1 aromatic heterocycles. The Morgan fingerprint density at radius 2 is 2.58 bits per heavy atom. The van der Waals surface area contributed by atoms with Gasteiger partial charge in [0.1, 0.15) is 18.9 Å². The second kappa shape index (κ2) is 3.36. The van der Waals surface area contributed by atoms with E-state index in [1.807, 2.05) is 0 Å². The van der Waals surface area contributed by atoms with Crippen LogP contribution in [0.3, 0.4) is 0 Å². The number of hydrogen-bond acceptors (Lipinski definition) is 3. The molecule has 1 rings (SSSR count). The van der Waals surface area contributed by atoms with Gasteiger partial charge >= 0.3 is 5.95 Å². The molecule has 5 nitrogen and oxygen atoms in total. The van der Waals surface area contributed by atoms with Crippen LogP contribution in [0.2, 0.25) is 0 Å². The van der Waals surface area contributed by atoms with Gasteiger partial charge < -0.3 is 10.1 Å². The summed E-state index contributed by atoms with van der Waals surface area (Å²) in [5.41, 5.74) is 0. The third-order valence-corrected chi connectivity index (χ3v) is 1.32. The first-order valence-electron chi connectivity index (χ1n) is 3.10. The monoisotopic (exact) mass is 187 g/mol. The van der Waals surface area contributed by atoms with E-state index in [0.29, 0.717) is 5.03 Å². The number of aromatic nitrogens is 2. The Labute approximate surface area is 73.4 Å². The lowest BCUT2D eigenvalue weighted by atomic mass is 10.6. The summed E-state index contributed by atoms with van der Waals surface area (Å²) in [6.07, 6.45) is 2.82. The van der Waals surface area contributed by atoms with Crippen molar-refractivity contribution in [1.29, 1.82) is 0 Å². The Hall–Kier alpha value is -1.36. The maximum absolute atomic E-state index is 10.3. The molecule has 1 heterocycles. The molecule has 0 aromatic carbocycles. The maximum atomic E-state index is 10.3. The molecule has 1 aromatic rings. The van der Waals surface area contributed by atoms with Crippen LogP contribution in [0, 0.1) is 10.1 Å². The summed E-state index contributed by atoms with van der Waals surface area (Å²) in [6.45, 7) is 3.63. The van der Waals surface area contributed by atoms with Crippen LogP contribution in [-0.2, 0) is 6.54 Å². The van der Waals surface area contributed by atoms with E-state index >= 15 is 0 Å². The summed E-state index contributed by atoms with van der Waals surface area (Å²) < 4.78 is 1.31. The lowest BCUT2D eigenvalue weighted by Crippen LogP contribution is -2.02. The van der Waals surface area contributed by atoms with Crippen molar-refractivity contribution in [3.63, 3.8) is 0 Å². The van der Waals surface area contributed by atoms with Crippen molar-refractivity contribution in [2.45, 2.75) is 6.54 Å². The molecule has 0 saturated heterocycles. The third kappa shape index (κ3) is 1.82. The van der Waals surface area contributed by atoms with E-state index in [0.717, 1.165) is 0 Å².